The molecule has 6 nitrogen and oxygen atoms in total. The third-order valence-electron chi connectivity index (χ3n) is 4.89. The van der Waals surface area contributed by atoms with Gasteiger partial charge in [0.25, 0.3) is 0 Å². The van der Waals surface area contributed by atoms with Gasteiger partial charge in [-0.15, -0.1) is 0 Å². The standard InChI is InChI=1S/C23H25ClN2O4S/c1-16-8-10-20(24)15-22(16)26(31(3,28)29)17(2)23(27)25-12-13-30-21-11-9-18-6-4-5-7-19(18)14-21/h4-11,14-15,17H,12-13H2,1-3H3,(H,25,27). The molecular weight excluding hydrogens is 436 g/mol. The average Bonchev–Trinajstić information content (AvgIpc) is 2.72. The van der Waals surface area contributed by atoms with E-state index in [0.717, 1.165) is 21.3 Å². The zero-order valence-corrected chi connectivity index (χ0v) is 19.2. The summed E-state index contributed by atoms with van der Waals surface area (Å²) in [4.78, 5) is 12.7. The number of sulfonamides is 1. The van der Waals surface area contributed by atoms with Crippen molar-refractivity contribution >= 4 is 44.0 Å². The van der Waals surface area contributed by atoms with Crippen LogP contribution in [0.4, 0.5) is 5.69 Å². The largest absolute Gasteiger partial charge is 0.492 e. The summed E-state index contributed by atoms with van der Waals surface area (Å²) in [5, 5.41) is 5.32. The van der Waals surface area contributed by atoms with Crippen LogP contribution in [-0.2, 0) is 14.8 Å². The van der Waals surface area contributed by atoms with Crippen LogP contribution in [0.15, 0.2) is 60.7 Å². The molecule has 8 heteroatoms. The highest BCUT2D eigenvalue weighted by atomic mass is 35.5. The first-order chi connectivity index (χ1) is 14.7. The van der Waals surface area contributed by atoms with Crippen LogP contribution in [-0.4, -0.2) is 39.8 Å². The van der Waals surface area contributed by atoms with E-state index >= 15 is 0 Å². The van der Waals surface area contributed by atoms with Gasteiger partial charge in [0.05, 0.1) is 18.5 Å². The lowest BCUT2D eigenvalue weighted by Gasteiger charge is -2.29. The molecule has 164 valence electrons. The van der Waals surface area contributed by atoms with Gasteiger partial charge in [-0.3, -0.25) is 9.10 Å². The van der Waals surface area contributed by atoms with Crippen LogP contribution in [0.5, 0.6) is 5.75 Å². The molecule has 0 saturated heterocycles. The number of aryl methyl sites for hydroxylation is 1. The van der Waals surface area contributed by atoms with E-state index in [4.69, 9.17) is 16.3 Å². The minimum atomic E-state index is -3.71. The summed E-state index contributed by atoms with van der Waals surface area (Å²) in [6, 6.07) is 17.7. The summed E-state index contributed by atoms with van der Waals surface area (Å²) >= 11 is 6.05. The SMILES string of the molecule is Cc1ccc(Cl)cc1N(C(C)C(=O)NCCOc1ccc2ccccc2c1)S(C)(=O)=O. The Labute approximate surface area is 187 Å². The molecule has 0 saturated carbocycles. The van der Waals surface area contributed by atoms with Crippen LogP contribution in [0.25, 0.3) is 10.8 Å². The lowest BCUT2D eigenvalue weighted by atomic mass is 10.1. The molecule has 1 atom stereocenters. The fraction of sp³-hybridized carbons (Fsp3) is 0.261. The molecule has 0 bridgehead atoms. The molecule has 0 radical (unpaired) electrons. The predicted molar refractivity (Wildman–Crippen MR) is 125 cm³/mol. The van der Waals surface area contributed by atoms with E-state index in [9.17, 15) is 13.2 Å². The fourth-order valence-corrected chi connectivity index (χ4v) is 4.74. The van der Waals surface area contributed by atoms with E-state index in [1.54, 1.807) is 32.0 Å². The van der Waals surface area contributed by atoms with Crippen molar-refractivity contribution in [3.05, 3.63) is 71.2 Å². The molecule has 1 N–H and O–H groups in total. The zero-order chi connectivity index (χ0) is 22.6. The van der Waals surface area contributed by atoms with Gasteiger partial charge in [-0.05, 0) is 54.4 Å². The molecule has 0 aliphatic carbocycles. The van der Waals surface area contributed by atoms with Gasteiger partial charge in [0.1, 0.15) is 18.4 Å². The average molecular weight is 461 g/mol. The van der Waals surface area contributed by atoms with Crippen LogP contribution in [0, 0.1) is 6.92 Å². The first kappa shape index (κ1) is 22.9. The lowest BCUT2D eigenvalue weighted by molar-refractivity contribution is -0.121. The predicted octanol–water partition coefficient (Wildman–Crippen LogP) is 4.15. The third-order valence-corrected chi connectivity index (χ3v) is 6.35. The Hall–Kier alpha value is -2.77. The maximum Gasteiger partial charge on any atom is 0.243 e. The minimum absolute atomic E-state index is 0.238. The molecule has 0 spiro atoms. The number of halogens is 1. The van der Waals surface area contributed by atoms with Crippen molar-refractivity contribution in [1.29, 1.82) is 0 Å². The number of hydrogen-bond donors (Lipinski definition) is 1. The number of anilines is 1. The molecular formula is C23H25ClN2O4S. The first-order valence-corrected chi connectivity index (χ1v) is 12.0. The van der Waals surface area contributed by atoms with Gasteiger partial charge in [-0.2, -0.15) is 0 Å². The molecule has 0 aliphatic heterocycles. The molecule has 0 aromatic heterocycles. The lowest BCUT2D eigenvalue weighted by Crippen LogP contribution is -2.48. The van der Waals surface area contributed by atoms with Crippen LogP contribution in [0.2, 0.25) is 5.02 Å². The first-order valence-electron chi connectivity index (χ1n) is 9.81. The third kappa shape index (κ3) is 5.68. The second-order valence-corrected chi connectivity index (χ2v) is 9.61. The molecule has 0 fully saturated rings. The number of ether oxygens (including phenoxy) is 1. The van der Waals surface area contributed by atoms with Crippen molar-refractivity contribution in [1.82, 2.24) is 5.32 Å². The highest BCUT2D eigenvalue weighted by molar-refractivity contribution is 7.92. The van der Waals surface area contributed by atoms with Gasteiger partial charge in [0.2, 0.25) is 15.9 Å². The maximum absolute atomic E-state index is 12.7. The van der Waals surface area contributed by atoms with Crippen LogP contribution in [0.1, 0.15) is 12.5 Å². The van der Waals surface area contributed by atoms with Crippen LogP contribution in [0.3, 0.4) is 0 Å². The Bertz CT molecular complexity index is 1200. The van der Waals surface area contributed by atoms with Gasteiger partial charge in [-0.1, -0.05) is 48.0 Å². The number of fused-ring (bicyclic) bond motifs is 1. The minimum Gasteiger partial charge on any atom is -0.492 e. The van der Waals surface area contributed by atoms with Crippen molar-refractivity contribution in [2.45, 2.75) is 19.9 Å². The van der Waals surface area contributed by atoms with Gasteiger partial charge in [0, 0.05) is 5.02 Å². The Morgan fingerprint density at radius 1 is 1.10 bits per heavy atom. The second-order valence-electron chi connectivity index (χ2n) is 7.31. The van der Waals surface area contributed by atoms with Gasteiger partial charge in [-0.25, -0.2) is 8.42 Å². The van der Waals surface area contributed by atoms with Gasteiger partial charge < -0.3 is 10.1 Å². The molecule has 3 aromatic rings. The Balaban J connectivity index is 1.63. The Kier molecular flexibility index (Phi) is 7.08. The number of benzene rings is 3. The van der Waals surface area contributed by atoms with E-state index in [1.807, 2.05) is 42.5 Å². The highest BCUT2D eigenvalue weighted by Crippen LogP contribution is 2.28. The quantitative estimate of drug-likeness (QED) is 0.512. The molecule has 0 aliphatic rings. The van der Waals surface area contributed by atoms with E-state index in [-0.39, 0.29) is 13.2 Å². The number of nitrogens with zero attached hydrogens (tertiary/aromatic N) is 1. The fourth-order valence-electron chi connectivity index (χ4n) is 3.35. The topological polar surface area (TPSA) is 75.7 Å². The Morgan fingerprint density at radius 3 is 2.52 bits per heavy atom. The summed E-state index contributed by atoms with van der Waals surface area (Å²) in [6.07, 6.45) is 1.07. The van der Waals surface area contributed by atoms with Crippen molar-refractivity contribution in [3.63, 3.8) is 0 Å². The zero-order valence-electron chi connectivity index (χ0n) is 17.6. The number of rotatable bonds is 8. The molecule has 3 aromatic carbocycles. The summed E-state index contributed by atoms with van der Waals surface area (Å²) in [5.41, 5.74) is 1.08. The molecule has 31 heavy (non-hydrogen) atoms. The van der Waals surface area contributed by atoms with Crippen LogP contribution >= 0.6 is 11.6 Å². The van der Waals surface area contributed by atoms with Crippen molar-refractivity contribution < 1.29 is 17.9 Å². The number of nitrogens with one attached hydrogen (secondary N) is 1. The summed E-state index contributed by atoms with van der Waals surface area (Å²) in [5.74, 6) is 0.278. The number of amides is 1. The van der Waals surface area contributed by atoms with E-state index in [2.05, 4.69) is 5.32 Å². The van der Waals surface area contributed by atoms with Crippen molar-refractivity contribution in [2.75, 3.05) is 23.7 Å². The van der Waals surface area contributed by atoms with Gasteiger partial charge >= 0.3 is 0 Å². The summed E-state index contributed by atoms with van der Waals surface area (Å²) in [6.45, 7) is 3.81. The monoisotopic (exact) mass is 460 g/mol. The number of carbonyl (C=O) groups excluding carboxylic acids is 1. The van der Waals surface area contributed by atoms with Gasteiger partial charge in [0.15, 0.2) is 0 Å². The maximum atomic E-state index is 12.7. The molecule has 3 rings (SSSR count). The molecule has 0 heterocycles. The van der Waals surface area contributed by atoms with Crippen molar-refractivity contribution in [3.8, 4) is 5.75 Å². The summed E-state index contributed by atoms with van der Waals surface area (Å²) in [7, 11) is -3.71. The van der Waals surface area contributed by atoms with Crippen LogP contribution < -0.4 is 14.4 Å². The molecule has 1 unspecified atom stereocenters. The number of carbonyl (C=O) groups is 1. The second kappa shape index (κ2) is 9.58. The van der Waals surface area contributed by atoms with Crippen molar-refractivity contribution in [2.24, 2.45) is 0 Å². The Morgan fingerprint density at radius 2 is 1.81 bits per heavy atom. The van der Waals surface area contributed by atoms with E-state index in [1.165, 1.54) is 0 Å². The summed E-state index contributed by atoms with van der Waals surface area (Å²) < 4.78 is 31.7. The van der Waals surface area contributed by atoms with E-state index in [0.29, 0.717) is 22.0 Å². The highest BCUT2D eigenvalue weighted by Gasteiger charge is 2.30. The smallest absolute Gasteiger partial charge is 0.243 e. The normalized spacial score (nSPS) is 12.4. The molecule has 1 amide bonds. The van der Waals surface area contributed by atoms with E-state index < -0.39 is 22.0 Å². The number of hydrogen-bond acceptors (Lipinski definition) is 4.